The largest absolute Gasteiger partial charge is 0.427 e. The Balaban J connectivity index is 1.71. The number of carbonyl (C=O) groups is 1. The number of aryl methyl sites for hydroxylation is 3. The Labute approximate surface area is 171 Å². The van der Waals surface area contributed by atoms with Crippen molar-refractivity contribution in [1.29, 1.82) is 0 Å². The number of nitrogens with zero attached hydrogens (tertiary/aromatic N) is 4. The number of hydrogen-bond acceptors (Lipinski definition) is 6. The first kappa shape index (κ1) is 21.0. The molecule has 0 N–H and O–H groups in total. The number of anilines is 1. The van der Waals surface area contributed by atoms with Crippen molar-refractivity contribution in [2.24, 2.45) is 5.92 Å². The van der Waals surface area contributed by atoms with E-state index >= 15 is 0 Å². The minimum absolute atomic E-state index is 0.154. The number of hydrogen-bond donors (Lipinski definition) is 0. The maximum Gasteiger partial charge on any atom is 0.349 e. The molecule has 0 spiro atoms. The van der Waals surface area contributed by atoms with E-state index in [4.69, 9.17) is 4.42 Å². The van der Waals surface area contributed by atoms with Gasteiger partial charge in [0.15, 0.2) is 0 Å². The molecule has 0 saturated carbocycles. The molecule has 1 aliphatic rings. The molecule has 3 heterocycles. The van der Waals surface area contributed by atoms with Crippen molar-refractivity contribution in [3.05, 3.63) is 51.0 Å². The third-order valence-electron chi connectivity index (χ3n) is 5.56. The van der Waals surface area contributed by atoms with Gasteiger partial charge in [-0.05, 0) is 44.7 Å². The molecule has 1 fully saturated rings. The molecule has 0 atom stereocenters. The lowest BCUT2D eigenvalue weighted by Crippen LogP contribution is -2.50. The molecule has 0 radical (unpaired) electrons. The maximum atomic E-state index is 13.0. The lowest BCUT2D eigenvalue weighted by Gasteiger charge is -2.36. The Kier molecular flexibility index (Phi) is 6.35. The number of aromatic nitrogens is 2. The molecular formula is C22H30N4O3. The van der Waals surface area contributed by atoms with Crippen molar-refractivity contribution >= 4 is 11.7 Å². The Morgan fingerprint density at radius 2 is 1.83 bits per heavy atom. The highest BCUT2D eigenvalue weighted by atomic mass is 16.4. The highest BCUT2D eigenvalue weighted by Gasteiger charge is 2.27. The van der Waals surface area contributed by atoms with E-state index in [1.165, 1.54) is 0 Å². The van der Waals surface area contributed by atoms with E-state index in [-0.39, 0.29) is 11.5 Å². The van der Waals surface area contributed by atoms with Crippen molar-refractivity contribution in [3.63, 3.8) is 0 Å². The molecule has 0 unspecified atom stereocenters. The van der Waals surface area contributed by atoms with Gasteiger partial charge in [0, 0.05) is 43.9 Å². The third kappa shape index (κ3) is 4.66. The van der Waals surface area contributed by atoms with Crippen LogP contribution in [0, 0.1) is 26.7 Å². The second-order valence-corrected chi connectivity index (χ2v) is 8.18. The average molecular weight is 399 g/mol. The van der Waals surface area contributed by atoms with Gasteiger partial charge in [-0.15, -0.1) is 0 Å². The van der Waals surface area contributed by atoms with Gasteiger partial charge in [0.05, 0.1) is 0 Å². The first-order valence-corrected chi connectivity index (χ1v) is 10.2. The zero-order chi connectivity index (χ0) is 21.1. The highest BCUT2D eigenvalue weighted by Crippen LogP contribution is 2.21. The molecule has 7 heteroatoms. The predicted octanol–water partition coefficient (Wildman–Crippen LogP) is 2.91. The van der Waals surface area contributed by atoms with Gasteiger partial charge in [-0.25, -0.2) is 14.8 Å². The molecular weight excluding hydrogens is 368 g/mol. The molecule has 0 aliphatic carbocycles. The van der Waals surface area contributed by atoms with Gasteiger partial charge in [-0.2, -0.15) is 0 Å². The maximum absolute atomic E-state index is 13.0. The minimum Gasteiger partial charge on any atom is -0.427 e. The molecule has 1 amide bonds. The summed E-state index contributed by atoms with van der Waals surface area (Å²) >= 11 is 0. The van der Waals surface area contributed by atoms with E-state index in [2.05, 4.69) is 28.7 Å². The SMILES string of the molecule is Cc1cc(CCC(C)C)oc(=O)c1C(=O)N1CCN(c2ncnc(C)c2C)CC1. The zero-order valence-electron chi connectivity index (χ0n) is 18.0. The first-order valence-electron chi connectivity index (χ1n) is 10.2. The Hall–Kier alpha value is -2.70. The number of amides is 1. The molecule has 1 saturated heterocycles. The van der Waals surface area contributed by atoms with E-state index in [0.717, 1.165) is 23.5 Å². The van der Waals surface area contributed by atoms with E-state index in [9.17, 15) is 9.59 Å². The Bertz CT molecular complexity index is 944. The van der Waals surface area contributed by atoms with Crippen LogP contribution in [0.3, 0.4) is 0 Å². The molecule has 0 bridgehead atoms. The van der Waals surface area contributed by atoms with Crippen LogP contribution in [0.25, 0.3) is 0 Å². The van der Waals surface area contributed by atoms with Gasteiger partial charge in [0.1, 0.15) is 23.5 Å². The van der Waals surface area contributed by atoms with Crippen LogP contribution in [0.1, 0.15) is 53.2 Å². The molecule has 1 aliphatic heterocycles. The zero-order valence-corrected chi connectivity index (χ0v) is 18.0. The molecule has 2 aromatic rings. The topological polar surface area (TPSA) is 79.5 Å². The summed E-state index contributed by atoms with van der Waals surface area (Å²) in [5.74, 6) is 1.84. The molecule has 156 valence electrons. The van der Waals surface area contributed by atoms with Crippen LogP contribution in [0.5, 0.6) is 0 Å². The van der Waals surface area contributed by atoms with Crippen LogP contribution in [0.15, 0.2) is 21.6 Å². The summed E-state index contributed by atoms with van der Waals surface area (Å²) in [5, 5.41) is 0. The summed E-state index contributed by atoms with van der Waals surface area (Å²) in [6.45, 7) is 12.5. The van der Waals surface area contributed by atoms with Crippen LogP contribution < -0.4 is 10.5 Å². The molecule has 29 heavy (non-hydrogen) atoms. The Morgan fingerprint density at radius 3 is 2.45 bits per heavy atom. The van der Waals surface area contributed by atoms with E-state index in [1.807, 2.05) is 26.8 Å². The fourth-order valence-corrected chi connectivity index (χ4v) is 3.61. The van der Waals surface area contributed by atoms with Gasteiger partial charge in [-0.3, -0.25) is 4.79 Å². The van der Waals surface area contributed by atoms with Gasteiger partial charge in [-0.1, -0.05) is 13.8 Å². The predicted molar refractivity (Wildman–Crippen MR) is 112 cm³/mol. The molecule has 7 nitrogen and oxygen atoms in total. The van der Waals surface area contributed by atoms with Crippen LogP contribution in [-0.4, -0.2) is 47.0 Å². The van der Waals surface area contributed by atoms with Gasteiger partial charge >= 0.3 is 5.63 Å². The van der Waals surface area contributed by atoms with Crippen LogP contribution in [0.2, 0.25) is 0 Å². The number of piperazine rings is 1. The average Bonchev–Trinajstić information content (AvgIpc) is 2.68. The summed E-state index contributed by atoms with van der Waals surface area (Å²) in [4.78, 5) is 38.0. The Morgan fingerprint density at radius 1 is 1.14 bits per heavy atom. The summed E-state index contributed by atoms with van der Waals surface area (Å²) in [7, 11) is 0. The van der Waals surface area contributed by atoms with E-state index < -0.39 is 5.63 Å². The third-order valence-corrected chi connectivity index (χ3v) is 5.56. The second-order valence-electron chi connectivity index (χ2n) is 8.18. The summed E-state index contributed by atoms with van der Waals surface area (Å²) in [6, 6.07) is 1.83. The quantitative estimate of drug-likeness (QED) is 0.770. The van der Waals surface area contributed by atoms with Gasteiger partial charge in [0.25, 0.3) is 5.91 Å². The van der Waals surface area contributed by atoms with Crippen LogP contribution in [0.4, 0.5) is 5.82 Å². The number of carbonyl (C=O) groups excluding carboxylic acids is 1. The fraction of sp³-hybridized carbons (Fsp3) is 0.545. The second kappa shape index (κ2) is 8.76. The highest BCUT2D eigenvalue weighted by molar-refractivity contribution is 5.95. The van der Waals surface area contributed by atoms with Crippen molar-refractivity contribution < 1.29 is 9.21 Å². The van der Waals surface area contributed by atoms with Crippen molar-refractivity contribution in [3.8, 4) is 0 Å². The smallest absolute Gasteiger partial charge is 0.349 e. The molecule has 3 rings (SSSR count). The van der Waals surface area contributed by atoms with Gasteiger partial charge in [0.2, 0.25) is 0 Å². The summed E-state index contributed by atoms with van der Waals surface area (Å²) < 4.78 is 5.44. The normalized spacial score (nSPS) is 14.6. The number of rotatable bonds is 5. The van der Waals surface area contributed by atoms with Crippen molar-refractivity contribution in [2.75, 3.05) is 31.1 Å². The lowest BCUT2D eigenvalue weighted by atomic mass is 10.0. The van der Waals surface area contributed by atoms with Gasteiger partial charge < -0.3 is 14.2 Å². The van der Waals surface area contributed by atoms with Crippen LogP contribution in [-0.2, 0) is 6.42 Å². The first-order chi connectivity index (χ1) is 13.8. The van der Waals surface area contributed by atoms with Crippen molar-refractivity contribution in [1.82, 2.24) is 14.9 Å². The monoisotopic (exact) mass is 398 g/mol. The lowest BCUT2D eigenvalue weighted by molar-refractivity contribution is 0.0740. The summed E-state index contributed by atoms with van der Waals surface area (Å²) in [6.07, 6.45) is 3.22. The summed E-state index contributed by atoms with van der Waals surface area (Å²) in [5.41, 5.74) is 2.33. The molecule has 2 aromatic heterocycles. The van der Waals surface area contributed by atoms with Crippen molar-refractivity contribution in [2.45, 2.75) is 47.5 Å². The van der Waals surface area contributed by atoms with Crippen LogP contribution >= 0.6 is 0 Å². The minimum atomic E-state index is -0.529. The molecule has 0 aromatic carbocycles. The fourth-order valence-electron chi connectivity index (χ4n) is 3.61. The van der Waals surface area contributed by atoms with E-state index in [1.54, 1.807) is 11.2 Å². The standard InChI is InChI=1S/C22H30N4O3/c1-14(2)6-7-18-12-15(3)19(22(28)29-18)21(27)26-10-8-25(9-11-26)20-16(4)17(5)23-13-24-20/h12-14H,6-11H2,1-5H3. The van der Waals surface area contributed by atoms with E-state index in [0.29, 0.717) is 49.8 Å².